The average Bonchev–Trinajstić information content (AvgIpc) is 3.16. The van der Waals surface area contributed by atoms with Crippen LogP contribution in [0, 0.1) is 6.92 Å². The summed E-state index contributed by atoms with van der Waals surface area (Å²) < 4.78 is 1.94. The average molecular weight is 422 g/mol. The molecule has 0 saturated heterocycles. The van der Waals surface area contributed by atoms with Crippen molar-refractivity contribution in [3.63, 3.8) is 0 Å². The second kappa shape index (κ2) is 8.92. The molecular weight excluding hydrogens is 394 g/mol. The number of carbonyl (C=O) groups is 1. The minimum absolute atomic E-state index is 0.0476. The summed E-state index contributed by atoms with van der Waals surface area (Å²) in [6.07, 6.45) is 2.79. The maximum Gasteiger partial charge on any atom is 0.240 e. The van der Waals surface area contributed by atoms with Crippen LogP contribution >= 0.6 is 11.8 Å². The molecule has 0 radical (unpaired) electrons. The van der Waals surface area contributed by atoms with Crippen LogP contribution in [0.3, 0.4) is 0 Å². The van der Waals surface area contributed by atoms with Crippen LogP contribution in [0.25, 0.3) is 0 Å². The molecule has 0 aliphatic carbocycles. The Kier molecular flexibility index (Phi) is 6.08. The molecule has 0 spiro atoms. The topological polar surface area (TPSA) is 71.8 Å². The zero-order chi connectivity index (χ0) is 21.1. The van der Waals surface area contributed by atoms with Crippen molar-refractivity contribution in [2.24, 2.45) is 0 Å². The number of fused-ring (bicyclic) bond motifs is 1. The van der Waals surface area contributed by atoms with Crippen molar-refractivity contribution in [3.8, 4) is 0 Å². The quantitative estimate of drug-likeness (QED) is 0.613. The van der Waals surface area contributed by atoms with E-state index < -0.39 is 0 Å². The lowest BCUT2D eigenvalue weighted by Gasteiger charge is -2.33. The zero-order valence-electron chi connectivity index (χ0n) is 17.6. The Labute approximate surface area is 181 Å². The van der Waals surface area contributed by atoms with Gasteiger partial charge in [-0.15, -0.1) is 10.2 Å². The van der Waals surface area contributed by atoms with Gasteiger partial charge in [0.2, 0.25) is 11.1 Å². The third kappa shape index (κ3) is 4.21. The highest BCUT2D eigenvalue weighted by Crippen LogP contribution is 2.37. The van der Waals surface area contributed by atoms with Crippen molar-refractivity contribution in [3.05, 3.63) is 71.0 Å². The molecule has 2 aromatic carbocycles. The number of aryl methyl sites for hydroxylation is 3. The summed E-state index contributed by atoms with van der Waals surface area (Å²) in [6.45, 7) is 6.30. The predicted octanol–water partition coefficient (Wildman–Crippen LogP) is 4.50. The Hall–Kier alpha value is -2.80. The lowest BCUT2D eigenvalue weighted by Crippen LogP contribution is -2.41. The fraction of sp³-hybridized carbons (Fsp3) is 0.348. The van der Waals surface area contributed by atoms with Crippen molar-refractivity contribution in [1.29, 1.82) is 0 Å². The minimum atomic E-state index is -0.371. The first-order chi connectivity index (χ1) is 14.6. The summed E-state index contributed by atoms with van der Waals surface area (Å²) in [5.41, 5.74) is 7.82. The summed E-state index contributed by atoms with van der Waals surface area (Å²) in [4.78, 5) is 13.3. The summed E-state index contributed by atoms with van der Waals surface area (Å²) in [5, 5.41) is 12.1. The molecule has 0 saturated carbocycles. The Morgan fingerprint density at radius 1 is 1.10 bits per heavy atom. The first kappa shape index (κ1) is 20.5. The molecule has 0 unspecified atom stereocenters. The minimum Gasteiger partial charge on any atom is -0.325 e. The van der Waals surface area contributed by atoms with Gasteiger partial charge >= 0.3 is 0 Å². The molecule has 156 valence electrons. The highest BCUT2D eigenvalue weighted by molar-refractivity contribution is 8.00. The molecule has 1 aromatic heterocycles. The largest absolute Gasteiger partial charge is 0.325 e. The van der Waals surface area contributed by atoms with E-state index in [0.717, 1.165) is 41.5 Å². The number of nitrogens with zero attached hydrogens (tertiary/aromatic N) is 3. The van der Waals surface area contributed by atoms with E-state index in [4.69, 9.17) is 0 Å². The van der Waals surface area contributed by atoms with E-state index in [1.807, 2.05) is 28.9 Å². The summed E-state index contributed by atoms with van der Waals surface area (Å²) in [7, 11) is 0. The van der Waals surface area contributed by atoms with Crippen LogP contribution in [0.1, 0.15) is 48.8 Å². The van der Waals surface area contributed by atoms with Gasteiger partial charge < -0.3 is 10.7 Å². The van der Waals surface area contributed by atoms with Gasteiger partial charge in [0, 0.05) is 12.1 Å². The molecule has 0 bridgehead atoms. The van der Waals surface area contributed by atoms with Crippen LogP contribution in [0.2, 0.25) is 0 Å². The van der Waals surface area contributed by atoms with Gasteiger partial charge in [-0.05, 0) is 43.0 Å². The van der Waals surface area contributed by atoms with Crippen LogP contribution in [0.15, 0.2) is 53.7 Å². The van der Waals surface area contributed by atoms with Crippen LogP contribution in [0.4, 0.5) is 5.69 Å². The molecule has 2 atom stereocenters. The molecule has 1 aliphatic rings. The van der Waals surface area contributed by atoms with E-state index in [1.165, 1.54) is 22.9 Å². The van der Waals surface area contributed by atoms with Crippen molar-refractivity contribution in [2.75, 3.05) is 10.7 Å². The van der Waals surface area contributed by atoms with Gasteiger partial charge in [-0.2, -0.15) is 0 Å². The second-order valence-electron chi connectivity index (χ2n) is 7.58. The Morgan fingerprint density at radius 3 is 2.50 bits per heavy atom. The Bertz CT molecular complexity index is 1010. The summed E-state index contributed by atoms with van der Waals surface area (Å²) >= 11 is 1.46. The summed E-state index contributed by atoms with van der Waals surface area (Å²) in [6, 6.07) is 16.1. The van der Waals surface area contributed by atoms with E-state index in [2.05, 4.69) is 66.0 Å². The summed E-state index contributed by atoms with van der Waals surface area (Å²) in [5.74, 6) is 0.847. The normalized spacial score (nSPS) is 17.8. The monoisotopic (exact) mass is 421 g/mol. The van der Waals surface area contributed by atoms with Crippen molar-refractivity contribution in [2.45, 2.75) is 56.5 Å². The predicted molar refractivity (Wildman–Crippen MR) is 121 cm³/mol. The van der Waals surface area contributed by atoms with Crippen LogP contribution in [0.5, 0.6) is 0 Å². The fourth-order valence-electron chi connectivity index (χ4n) is 3.55. The highest BCUT2D eigenvalue weighted by atomic mass is 32.2. The molecule has 4 rings (SSSR count). The number of nitrogens with one attached hydrogen (secondary N) is 2. The number of carbonyl (C=O) groups excluding carboxylic acids is 1. The van der Waals surface area contributed by atoms with Gasteiger partial charge in [0.15, 0.2) is 5.82 Å². The molecule has 3 aromatic rings. The molecule has 0 fully saturated rings. The van der Waals surface area contributed by atoms with E-state index in [1.54, 1.807) is 0 Å². The van der Waals surface area contributed by atoms with Crippen molar-refractivity contribution < 1.29 is 4.79 Å². The van der Waals surface area contributed by atoms with E-state index in [9.17, 15) is 4.79 Å². The molecule has 1 aliphatic heterocycles. The molecule has 7 heteroatoms. The molecule has 30 heavy (non-hydrogen) atoms. The van der Waals surface area contributed by atoms with Gasteiger partial charge in [0.1, 0.15) is 5.25 Å². The van der Waals surface area contributed by atoms with Crippen molar-refractivity contribution >= 4 is 23.4 Å². The molecule has 2 heterocycles. The number of hydrogen-bond donors (Lipinski definition) is 2. The maximum absolute atomic E-state index is 13.3. The van der Waals surface area contributed by atoms with Gasteiger partial charge in [-0.25, -0.2) is 4.68 Å². The number of thioether (sulfide) groups is 1. The molecular formula is C23H27N5OS. The van der Waals surface area contributed by atoms with E-state index in [0.29, 0.717) is 0 Å². The SMILES string of the molecule is CCCc1nnc2n1N[C@@H](c1ccc(C)cc1)[C@@H](C(=O)Nc1ccc(CC)cc1)S2. The molecule has 6 nitrogen and oxygen atoms in total. The number of hydrogen-bond acceptors (Lipinski definition) is 5. The zero-order valence-corrected chi connectivity index (χ0v) is 18.4. The number of amides is 1. The number of aromatic nitrogens is 3. The van der Waals surface area contributed by atoms with Gasteiger partial charge in [-0.3, -0.25) is 4.79 Å². The third-order valence-electron chi connectivity index (χ3n) is 5.30. The smallest absolute Gasteiger partial charge is 0.240 e. The maximum atomic E-state index is 13.3. The fourth-order valence-corrected chi connectivity index (χ4v) is 4.64. The number of anilines is 1. The van der Waals surface area contributed by atoms with Crippen LogP contribution < -0.4 is 10.7 Å². The van der Waals surface area contributed by atoms with Crippen LogP contribution in [-0.4, -0.2) is 26.0 Å². The van der Waals surface area contributed by atoms with Gasteiger partial charge in [0.05, 0.1) is 6.04 Å². The Balaban J connectivity index is 1.63. The third-order valence-corrected chi connectivity index (χ3v) is 6.52. The molecule has 1 amide bonds. The number of rotatable bonds is 6. The first-order valence-corrected chi connectivity index (χ1v) is 11.3. The lowest BCUT2D eigenvalue weighted by atomic mass is 10.0. The highest BCUT2D eigenvalue weighted by Gasteiger charge is 2.37. The number of benzene rings is 2. The van der Waals surface area contributed by atoms with Gasteiger partial charge in [0.25, 0.3) is 0 Å². The van der Waals surface area contributed by atoms with Gasteiger partial charge in [-0.1, -0.05) is 67.6 Å². The van der Waals surface area contributed by atoms with E-state index >= 15 is 0 Å². The first-order valence-electron chi connectivity index (χ1n) is 10.4. The Morgan fingerprint density at radius 2 is 1.83 bits per heavy atom. The van der Waals surface area contributed by atoms with Crippen molar-refractivity contribution in [1.82, 2.24) is 14.9 Å². The standard InChI is InChI=1S/C23H27N5OS/c1-4-6-19-25-26-23-28(19)27-20(17-11-7-15(3)8-12-17)21(30-23)22(29)24-18-13-9-16(5-2)10-14-18/h7-14,20-21,27H,4-6H2,1-3H3,(H,24,29)/t20-,21-/m0/s1. The lowest BCUT2D eigenvalue weighted by molar-refractivity contribution is -0.116. The molecule has 2 N–H and O–H groups in total. The van der Waals surface area contributed by atoms with E-state index in [-0.39, 0.29) is 17.2 Å². The van der Waals surface area contributed by atoms with Crippen LogP contribution in [-0.2, 0) is 17.6 Å². The second-order valence-corrected chi connectivity index (χ2v) is 8.69.